The molecule has 0 N–H and O–H groups in total. The van der Waals surface area contributed by atoms with Crippen LogP contribution in [0.15, 0.2) is 47.3 Å². The molecule has 0 saturated carbocycles. The largest absolute Gasteiger partial charge is 0.273 e. The Kier molecular flexibility index (Phi) is 5.59. The van der Waals surface area contributed by atoms with Crippen molar-refractivity contribution in [3.05, 3.63) is 84.3 Å². The van der Waals surface area contributed by atoms with Crippen molar-refractivity contribution in [1.82, 2.24) is 4.57 Å². The molecular weight excluding hydrogens is 366 g/mol. The zero-order valence-electron chi connectivity index (χ0n) is 16.0. The molecule has 1 heterocycles. The van der Waals surface area contributed by atoms with Crippen molar-refractivity contribution >= 4 is 23.0 Å². The zero-order chi connectivity index (χ0) is 20.3. The van der Waals surface area contributed by atoms with Crippen molar-refractivity contribution in [2.24, 2.45) is 0 Å². The summed E-state index contributed by atoms with van der Waals surface area (Å²) in [5.41, 5.74) is 4.52. The van der Waals surface area contributed by atoms with Gasteiger partial charge in [-0.2, -0.15) is 10.5 Å². The van der Waals surface area contributed by atoms with Crippen LogP contribution >= 0.6 is 11.3 Å². The predicted octanol–water partition coefficient (Wildman–Crippen LogP) is 3.10. The number of nitrogens with zero attached hydrogens (tertiary/aromatic N) is 3. The van der Waals surface area contributed by atoms with Crippen LogP contribution in [0.25, 0.3) is 17.3 Å². The Morgan fingerprint density at radius 3 is 2.36 bits per heavy atom. The van der Waals surface area contributed by atoms with Gasteiger partial charge in [0.2, 0.25) is 0 Å². The number of hydrogen-bond acceptors (Lipinski definition) is 4. The summed E-state index contributed by atoms with van der Waals surface area (Å²) in [6, 6.07) is 17.6. The van der Waals surface area contributed by atoms with Crippen molar-refractivity contribution in [3.63, 3.8) is 0 Å². The molecule has 3 rings (SSSR count). The van der Waals surface area contributed by atoms with E-state index in [1.807, 2.05) is 74.5 Å². The Hall–Kier alpha value is -3.41. The maximum atomic E-state index is 13.2. The maximum absolute atomic E-state index is 13.2. The van der Waals surface area contributed by atoms with Gasteiger partial charge in [0.15, 0.2) is 5.57 Å². The number of rotatable bonds is 3. The molecule has 2 aromatic carbocycles. The van der Waals surface area contributed by atoms with Gasteiger partial charge in [-0.3, -0.25) is 9.36 Å². The Labute approximate surface area is 167 Å². The van der Waals surface area contributed by atoms with Crippen LogP contribution in [-0.2, 0) is 6.42 Å². The Bertz CT molecular complexity index is 1280. The summed E-state index contributed by atoms with van der Waals surface area (Å²) in [6.07, 6.45) is 2.76. The van der Waals surface area contributed by atoms with E-state index >= 15 is 0 Å². The second kappa shape index (κ2) is 8.08. The Morgan fingerprint density at radius 2 is 1.79 bits per heavy atom. The molecule has 0 saturated heterocycles. The average molecular weight is 385 g/mol. The van der Waals surface area contributed by atoms with Gasteiger partial charge in [-0.15, -0.1) is 11.3 Å². The van der Waals surface area contributed by atoms with Gasteiger partial charge < -0.3 is 0 Å². The molecule has 0 spiro atoms. The van der Waals surface area contributed by atoms with E-state index in [1.165, 1.54) is 21.5 Å². The van der Waals surface area contributed by atoms with Gasteiger partial charge >= 0.3 is 0 Å². The molecule has 0 fully saturated rings. The fourth-order valence-electron chi connectivity index (χ4n) is 3.05. The van der Waals surface area contributed by atoms with E-state index in [4.69, 9.17) is 0 Å². The molecule has 0 atom stereocenters. The van der Waals surface area contributed by atoms with E-state index < -0.39 is 0 Å². The second-order valence-electron chi connectivity index (χ2n) is 6.54. The summed E-state index contributed by atoms with van der Waals surface area (Å²) in [7, 11) is 0. The van der Waals surface area contributed by atoms with Crippen molar-refractivity contribution in [3.8, 4) is 17.8 Å². The summed E-state index contributed by atoms with van der Waals surface area (Å²) in [5, 5.41) is 18.8. The van der Waals surface area contributed by atoms with Crippen LogP contribution in [0.3, 0.4) is 0 Å². The molecule has 0 bridgehead atoms. The van der Waals surface area contributed by atoms with Gasteiger partial charge in [-0.25, -0.2) is 0 Å². The highest BCUT2D eigenvalue weighted by Crippen LogP contribution is 2.13. The van der Waals surface area contributed by atoms with E-state index in [2.05, 4.69) is 6.92 Å². The number of hydrogen-bond donors (Lipinski definition) is 0. The maximum Gasteiger partial charge on any atom is 0.273 e. The number of aromatic nitrogens is 1. The summed E-state index contributed by atoms with van der Waals surface area (Å²) in [6.45, 7) is 5.99. The Morgan fingerprint density at radius 1 is 1.11 bits per heavy atom. The Balaban J connectivity index is 2.35. The first-order valence-corrected chi connectivity index (χ1v) is 9.74. The number of nitriles is 2. The lowest BCUT2D eigenvalue weighted by molar-refractivity contribution is 0.973. The van der Waals surface area contributed by atoms with Gasteiger partial charge in [0.1, 0.15) is 16.8 Å². The molecule has 0 aliphatic heterocycles. The van der Waals surface area contributed by atoms with Crippen molar-refractivity contribution in [2.75, 3.05) is 0 Å². The van der Waals surface area contributed by atoms with E-state index in [0.29, 0.717) is 14.9 Å². The summed E-state index contributed by atoms with van der Waals surface area (Å²) in [4.78, 5) is 13.2. The molecule has 138 valence electrons. The van der Waals surface area contributed by atoms with Gasteiger partial charge in [-0.05, 0) is 49.1 Å². The van der Waals surface area contributed by atoms with Gasteiger partial charge in [-0.1, -0.05) is 48.9 Å². The molecule has 5 heteroatoms. The minimum atomic E-state index is -0.227. The first-order chi connectivity index (χ1) is 13.5. The molecule has 4 nitrogen and oxygen atoms in total. The second-order valence-corrected chi connectivity index (χ2v) is 7.57. The lowest BCUT2D eigenvalue weighted by Gasteiger charge is -2.07. The SMILES string of the molecule is CCc1ccc(C=c2sc(=C(C#N)C#N)n(-c3ccc(C)cc3C)c2=O)cc1. The van der Waals surface area contributed by atoms with Crippen LogP contribution in [0.1, 0.15) is 29.2 Å². The first-order valence-electron chi connectivity index (χ1n) is 8.93. The number of thiazole rings is 1. The van der Waals surface area contributed by atoms with Crippen LogP contribution in [0.4, 0.5) is 0 Å². The van der Waals surface area contributed by atoms with Crippen LogP contribution in [0.2, 0.25) is 0 Å². The lowest BCUT2D eigenvalue weighted by Crippen LogP contribution is -2.31. The molecule has 0 amide bonds. The smallest absolute Gasteiger partial charge is 0.267 e. The zero-order valence-corrected chi connectivity index (χ0v) is 16.8. The predicted molar refractivity (Wildman–Crippen MR) is 113 cm³/mol. The van der Waals surface area contributed by atoms with Crippen molar-refractivity contribution < 1.29 is 0 Å². The van der Waals surface area contributed by atoms with E-state index in [-0.39, 0.29) is 11.1 Å². The topological polar surface area (TPSA) is 69.6 Å². The van der Waals surface area contributed by atoms with Gasteiger partial charge in [0.05, 0.1) is 10.2 Å². The third-order valence-electron chi connectivity index (χ3n) is 4.54. The van der Waals surface area contributed by atoms with E-state index in [9.17, 15) is 15.3 Å². The minimum absolute atomic E-state index is 0.0666. The monoisotopic (exact) mass is 385 g/mol. The van der Waals surface area contributed by atoms with Crippen molar-refractivity contribution in [2.45, 2.75) is 27.2 Å². The van der Waals surface area contributed by atoms with Crippen LogP contribution < -0.4 is 14.8 Å². The van der Waals surface area contributed by atoms with Crippen LogP contribution in [-0.4, -0.2) is 4.57 Å². The molecule has 0 unspecified atom stereocenters. The molecule has 0 radical (unpaired) electrons. The summed E-state index contributed by atoms with van der Waals surface area (Å²) >= 11 is 1.17. The quantitative estimate of drug-likeness (QED) is 0.696. The van der Waals surface area contributed by atoms with Gasteiger partial charge in [0.25, 0.3) is 5.56 Å². The summed E-state index contributed by atoms with van der Waals surface area (Å²) < 4.78 is 2.33. The molecule has 0 aliphatic rings. The minimum Gasteiger partial charge on any atom is -0.267 e. The molecular formula is C23H19N3OS. The third kappa shape index (κ3) is 3.67. The van der Waals surface area contributed by atoms with E-state index in [1.54, 1.807) is 0 Å². The molecule has 3 aromatic rings. The molecule has 28 heavy (non-hydrogen) atoms. The first kappa shape index (κ1) is 19.4. The molecule has 1 aromatic heterocycles. The van der Waals surface area contributed by atoms with E-state index in [0.717, 1.165) is 23.1 Å². The normalized spacial score (nSPS) is 11.1. The highest BCUT2D eigenvalue weighted by atomic mass is 32.1. The highest BCUT2D eigenvalue weighted by Gasteiger charge is 2.13. The fourth-order valence-corrected chi connectivity index (χ4v) is 4.09. The van der Waals surface area contributed by atoms with Gasteiger partial charge in [0, 0.05) is 0 Å². The number of aryl methyl sites for hydroxylation is 3. The standard InChI is InChI=1S/C23H19N3OS/c1-4-17-6-8-18(9-7-17)12-21-22(27)26(23(28-21)19(13-24)14-25)20-10-5-15(2)11-16(20)3/h5-12H,4H2,1-3H3. The lowest BCUT2D eigenvalue weighted by atomic mass is 10.1. The molecule has 0 aliphatic carbocycles. The third-order valence-corrected chi connectivity index (χ3v) is 5.63. The fraction of sp³-hybridized carbons (Fsp3) is 0.174. The van der Waals surface area contributed by atoms with Crippen molar-refractivity contribution in [1.29, 1.82) is 10.5 Å². The summed E-state index contributed by atoms with van der Waals surface area (Å²) in [5.74, 6) is 0. The van der Waals surface area contributed by atoms with Crippen LogP contribution in [0.5, 0.6) is 0 Å². The number of benzene rings is 2. The average Bonchev–Trinajstić information content (AvgIpc) is 3.00. The van der Waals surface area contributed by atoms with Crippen LogP contribution in [0, 0.1) is 36.5 Å². The highest BCUT2D eigenvalue weighted by molar-refractivity contribution is 7.07.